The zero-order valence-electron chi connectivity index (χ0n) is 18.1. The van der Waals surface area contributed by atoms with Crippen LogP contribution in [0.2, 0.25) is 0 Å². The van der Waals surface area contributed by atoms with E-state index < -0.39 is 23.7 Å². The molecular formula is C27H23F3O3. The van der Waals surface area contributed by atoms with E-state index in [0.29, 0.717) is 36.5 Å². The average molecular weight is 452 g/mol. The molecule has 2 saturated heterocycles. The number of halogens is 3. The molecule has 0 N–H and O–H groups in total. The van der Waals surface area contributed by atoms with Gasteiger partial charge in [-0.3, -0.25) is 0 Å². The lowest BCUT2D eigenvalue weighted by Crippen LogP contribution is -2.26. The molecule has 2 aliphatic heterocycles. The molecule has 2 fully saturated rings. The van der Waals surface area contributed by atoms with Crippen molar-refractivity contribution in [2.75, 3.05) is 19.8 Å². The lowest BCUT2D eigenvalue weighted by atomic mass is 9.97. The standard InChI is InChI=1S/C27H23F3O3/c1-2-3-16-13-32-27(33-14-16)21-9-8-19(12-23(21)28)17-4-6-18(7-5-17)20-10-11-22(24-15-31-24)26(30)25(20)29/h2-12,16,24,27H,13-15H2,1H3/b3-2+. The molecule has 3 aromatic rings. The fourth-order valence-electron chi connectivity index (χ4n) is 4.08. The lowest BCUT2D eigenvalue weighted by Gasteiger charge is -2.28. The Morgan fingerprint density at radius 3 is 2.00 bits per heavy atom. The number of epoxide rings is 1. The van der Waals surface area contributed by atoms with Crippen LogP contribution >= 0.6 is 0 Å². The van der Waals surface area contributed by atoms with E-state index in [9.17, 15) is 13.2 Å². The van der Waals surface area contributed by atoms with E-state index in [1.807, 2.05) is 19.1 Å². The van der Waals surface area contributed by atoms with E-state index in [0.717, 1.165) is 5.56 Å². The Morgan fingerprint density at radius 2 is 1.36 bits per heavy atom. The molecule has 6 heteroatoms. The topological polar surface area (TPSA) is 31.0 Å². The van der Waals surface area contributed by atoms with E-state index in [2.05, 4.69) is 0 Å². The molecule has 2 aliphatic rings. The van der Waals surface area contributed by atoms with Crippen molar-refractivity contribution in [3.05, 3.63) is 95.3 Å². The number of ether oxygens (including phenoxy) is 3. The van der Waals surface area contributed by atoms with Crippen molar-refractivity contribution >= 4 is 0 Å². The van der Waals surface area contributed by atoms with E-state index in [4.69, 9.17) is 14.2 Å². The van der Waals surface area contributed by atoms with Crippen LogP contribution in [0.1, 0.15) is 30.4 Å². The normalized spacial score (nSPS) is 22.6. The highest BCUT2D eigenvalue weighted by Gasteiger charge is 2.30. The Labute approximate surface area is 190 Å². The number of benzene rings is 3. The monoisotopic (exact) mass is 452 g/mol. The molecule has 0 radical (unpaired) electrons. The summed E-state index contributed by atoms with van der Waals surface area (Å²) in [4.78, 5) is 0. The van der Waals surface area contributed by atoms with Gasteiger partial charge in [-0.2, -0.15) is 0 Å². The van der Waals surface area contributed by atoms with Gasteiger partial charge in [-0.1, -0.05) is 60.7 Å². The van der Waals surface area contributed by atoms with Gasteiger partial charge in [0.05, 0.1) is 19.8 Å². The van der Waals surface area contributed by atoms with Gasteiger partial charge < -0.3 is 14.2 Å². The van der Waals surface area contributed by atoms with E-state index in [-0.39, 0.29) is 23.1 Å². The van der Waals surface area contributed by atoms with Crippen LogP contribution in [-0.4, -0.2) is 19.8 Å². The van der Waals surface area contributed by atoms with Gasteiger partial charge in [-0.05, 0) is 29.7 Å². The van der Waals surface area contributed by atoms with Gasteiger partial charge in [0.1, 0.15) is 11.9 Å². The first-order chi connectivity index (χ1) is 16.0. The first kappa shape index (κ1) is 21.9. The van der Waals surface area contributed by atoms with Gasteiger partial charge in [0, 0.05) is 22.6 Å². The summed E-state index contributed by atoms with van der Waals surface area (Å²) in [5.74, 6) is -2.02. The fraction of sp³-hybridized carbons (Fsp3) is 0.259. The largest absolute Gasteiger partial charge is 0.368 e. The smallest absolute Gasteiger partial charge is 0.186 e. The second-order valence-electron chi connectivity index (χ2n) is 8.25. The summed E-state index contributed by atoms with van der Waals surface area (Å²) in [6.07, 6.45) is 2.87. The number of hydrogen-bond donors (Lipinski definition) is 0. The second-order valence-corrected chi connectivity index (χ2v) is 8.25. The van der Waals surface area contributed by atoms with Crippen molar-refractivity contribution < 1.29 is 27.4 Å². The third kappa shape index (κ3) is 4.47. The van der Waals surface area contributed by atoms with Gasteiger partial charge in [0.2, 0.25) is 0 Å². The Kier molecular flexibility index (Phi) is 6.06. The molecule has 0 aliphatic carbocycles. The first-order valence-electron chi connectivity index (χ1n) is 10.9. The maximum atomic E-state index is 14.8. The van der Waals surface area contributed by atoms with Crippen molar-refractivity contribution in [2.24, 2.45) is 5.92 Å². The predicted molar refractivity (Wildman–Crippen MR) is 119 cm³/mol. The lowest BCUT2D eigenvalue weighted by molar-refractivity contribution is -0.198. The zero-order chi connectivity index (χ0) is 22.9. The summed E-state index contributed by atoms with van der Waals surface area (Å²) in [5, 5.41) is 0. The highest BCUT2D eigenvalue weighted by Crippen LogP contribution is 2.36. The Hall–Kier alpha value is -2.93. The van der Waals surface area contributed by atoms with Crippen LogP contribution in [0.4, 0.5) is 13.2 Å². The van der Waals surface area contributed by atoms with Crippen molar-refractivity contribution in [3.8, 4) is 22.3 Å². The predicted octanol–water partition coefficient (Wildman–Crippen LogP) is 6.75. The zero-order valence-corrected chi connectivity index (χ0v) is 18.1. The van der Waals surface area contributed by atoms with Gasteiger partial charge in [0.15, 0.2) is 17.9 Å². The Bertz CT molecular complexity index is 1180. The third-order valence-corrected chi connectivity index (χ3v) is 5.96. The minimum Gasteiger partial charge on any atom is -0.368 e. The van der Waals surface area contributed by atoms with Crippen LogP contribution in [0.5, 0.6) is 0 Å². The van der Waals surface area contributed by atoms with Crippen molar-refractivity contribution in [1.29, 1.82) is 0 Å². The number of hydrogen-bond acceptors (Lipinski definition) is 3. The molecule has 0 saturated carbocycles. The summed E-state index contributed by atoms with van der Waals surface area (Å²) in [6.45, 7) is 3.30. The summed E-state index contributed by atoms with van der Waals surface area (Å²) < 4.78 is 60.2. The fourth-order valence-corrected chi connectivity index (χ4v) is 4.08. The van der Waals surface area contributed by atoms with Gasteiger partial charge >= 0.3 is 0 Å². The van der Waals surface area contributed by atoms with E-state index in [1.54, 1.807) is 48.5 Å². The minimum atomic E-state index is -0.893. The SMILES string of the molecule is C/C=C/C1COC(c2ccc(-c3ccc(-c4ccc(C5CO5)c(F)c4F)cc3)cc2F)OC1. The first-order valence-corrected chi connectivity index (χ1v) is 10.9. The molecular weight excluding hydrogens is 429 g/mol. The molecule has 0 amide bonds. The van der Waals surface area contributed by atoms with Crippen molar-refractivity contribution in [1.82, 2.24) is 0 Å². The molecule has 0 bridgehead atoms. The third-order valence-electron chi connectivity index (χ3n) is 5.96. The molecule has 3 aromatic carbocycles. The maximum Gasteiger partial charge on any atom is 0.186 e. The summed E-state index contributed by atoms with van der Waals surface area (Å²) in [6, 6.07) is 14.9. The maximum absolute atomic E-state index is 14.8. The number of rotatable bonds is 5. The molecule has 0 spiro atoms. The summed E-state index contributed by atoms with van der Waals surface area (Å²) >= 11 is 0. The van der Waals surface area contributed by atoms with Crippen LogP contribution in [0, 0.1) is 23.4 Å². The van der Waals surface area contributed by atoms with Crippen LogP contribution in [0.3, 0.4) is 0 Å². The van der Waals surface area contributed by atoms with Crippen LogP contribution in [0.25, 0.3) is 22.3 Å². The number of allylic oxidation sites excluding steroid dienone is 1. The molecule has 170 valence electrons. The average Bonchev–Trinajstić information content (AvgIpc) is 3.67. The molecule has 5 rings (SSSR count). The quantitative estimate of drug-likeness (QED) is 0.317. The minimum absolute atomic E-state index is 0.170. The molecule has 2 heterocycles. The van der Waals surface area contributed by atoms with E-state index >= 15 is 0 Å². The van der Waals surface area contributed by atoms with Gasteiger partial charge in [0.25, 0.3) is 0 Å². The van der Waals surface area contributed by atoms with Crippen molar-refractivity contribution in [2.45, 2.75) is 19.3 Å². The van der Waals surface area contributed by atoms with E-state index in [1.165, 1.54) is 6.07 Å². The molecule has 3 nitrogen and oxygen atoms in total. The Morgan fingerprint density at radius 1 is 0.727 bits per heavy atom. The molecule has 0 aromatic heterocycles. The Balaban J connectivity index is 1.34. The van der Waals surface area contributed by atoms with Crippen LogP contribution in [-0.2, 0) is 14.2 Å². The second kappa shape index (κ2) is 9.14. The molecule has 33 heavy (non-hydrogen) atoms. The highest BCUT2D eigenvalue weighted by atomic mass is 19.2. The summed E-state index contributed by atoms with van der Waals surface area (Å²) in [5.41, 5.74) is 2.73. The molecule has 1 unspecified atom stereocenters. The van der Waals surface area contributed by atoms with Crippen molar-refractivity contribution in [3.63, 3.8) is 0 Å². The molecule has 1 atom stereocenters. The highest BCUT2D eigenvalue weighted by molar-refractivity contribution is 5.71. The van der Waals surface area contributed by atoms with Gasteiger partial charge in [-0.15, -0.1) is 0 Å². The summed E-state index contributed by atoms with van der Waals surface area (Å²) in [7, 11) is 0. The van der Waals surface area contributed by atoms with Gasteiger partial charge in [-0.25, -0.2) is 13.2 Å². The van der Waals surface area contributed by atoms with Crippen LogP contribution in [0.15, 0.2) is 66.7 Å². The van der Waals surface area contributed by atoms with Crippen LogP contribution < -0.4 is 0 Å².